The van der Waals surface area contributed by atoms with Gasteiger partial charge >= 0.3 is 5.97 Å². The van der Waals surface area contributed by atoms with Gasteiger partial charge in [0.05, 0.1) is 12.5 Å². The molecule has 0 aromatic heterocycles. The minimum atomic E-state index is -0.323. The van der Waals surface area contributed by atoms with Crippen molar-refractivity contribution in [2.24, 2.45) is 16.2 Å². The van der Waals surface area contributed by atoms with Gasteiger partial charge in [-0.05, 0) is 55.3 Å². The lowest BCUT2D eigenvalue weighted by Gasteiger charge is -2.64. The summed E-state index contributed by atoms with van der Waals surface area (Å²) in [4.78, 5) is 12.1. The zero-order valence-corrected chi connectivity index (χ0v) is 10.7. The summed E-state index contributed by atoms with van der Waals surface area (Å²) >= 11 is 0. The topological polar surface area (TPSA) is 46.5 Å². The van der Waals surface area contributed by atoms with E-state index in [0.29, 0.717) is 0 Å². The second-order valence-electron chi connectivity index (χ2n) is 7.05. The van der Waals surface area contributed by atoms with Crippen LogP contribution in [0, 0.1) is 22.2 Å². The van der Waals surface area contributed by atoms with Gasteiger partial charge < -0.3 is 9.84 Å². The standard InChI is InChI=1S/C14H21O3/c1-12-3-10-4-13(6-12,9-15)8-14(5-10,7-12)11(16)17-2/h15H,3-9H2,1-2H3. The Morgan fingerprint density at radius 3 is 2.65 bits per heavy atom. The molecular weight excluding hydrogens is 216 g/mol. The van der Waals surface area contributed by atoms with E-state index in [-0.39, 0.29) is 28.8 Å². The average molecular weight is 237 g/mol. The van der Waals surface area contributed by atoms with Gasteiger partial charge in [0.15, 0.2) is 0 Å². The first-order chi connectivity index (χ1) is 7.95. The lowest BCUT2D eigenvalue weighted by atomic mass is 9.40. The van der Waals surface area contributed by atoms with Gasteiger partial charge in [-0.15, -0.1) is 0 Å². The molecule has 0 saturated heterocycles. The third-order valence-corrected chi connectivity index (χ3v) is 5.12. The molecule has 3 unspecified atom stereocenters. The van der Waals surface area contributed by atoms with Crippen LogP contribution in [0.4, 0.5) is 0 Å². The number of esters is 1. The first-order valence-electron chi connectivity index (χ1n) is 6.48. The minimum absolute atomic E-state index is 0.0347. The Kier molecular flexibility index (Phi) is 2.20. The van der Waals surface area contributed by atoms with Crippen molar-refractivity contribution >= 4 is 5.97 Å². The number of ether oxygens (including phenoxy) is 1. The van der Waals surface area contributed by atoms with Gasteiger partial charge in [0.2, 0.25) is 0 Å². The summed E-state index contributed by atoms with van der Waals surface area (Å²) in [6.07, 6.45) is 5.90. The van der Waals surface area contributed by atoms with Crippen molar-refractivity contribution in [2.45, 2.75) is 45.4 Å². The van der Waals surface area contributed by atoms with Gasteiger partial charge in [0.1, 0.15) is 0 Å². The van der Waals surface area contributed by atoms with Crippen LogP contribution in [0.15, 0.2) is 0 Å². The highest BCUT2D eigenvalue weighted by Crippen LogP contribution is 2.70. The van der Waals surface area contributed by atoms with Crippen molar-refractivity contribution in [2.75, 3.05) is 13.7 Å². The van der Waals surface area contributed by atoms with E-state index in [1.165, 1.54) is 13.0 Å². The van der Waals surface area contributed by atoms with E-state index in [4.69, 9.17) is 4.74 Å². The Balaban J connectivity index is 2.01. The van der Waals surface area contributed by atoms with Crippen molar-refractivity contribution in [1.29, 1.82) is 0 Å². The number of rotatable bonds is 2. The molecule has 4 rings (SSSR count). The summed E-state index contributed by atoms with van der Waals surface area (Å²) in [7, 11) is 1.49. The molecule has 1 N–H and O–H groups in total. The number of hydrogen-bond donors (Lipinski definition) is 1. The van der Waals surface area contributed by atoms with Gasteiger partial charge in [0, 0.05) is 6.61 Å². The summed E-state index contributed by atoms with van der Waals surface area (Å²) in [5.74, 6) is 1.42. The van der Waals surface area contributed by atoms with E-state index in [1.807, 2.05) is 0 Å². The average Bonchev–Trinajstić information content (AvgIpc) is 2.24. The summed E-state index contributed by atoms with van der Waals surface area (Å²) < 4.78 is 5.04. The highest BCUT2D eigenvalue weighted by atomic mass is 16.5. The Morgan fingerprint density at radius 2 is 2.06 bits per heavy atom. The van der Waals surface area contributed by atoms with Crippen molar-refractivity contribution in [1.82, 2.24) is 0 Å². The predicted molar refractivity (Wildman–Crippen MR) is 63.0 cm³/mol. The van der Waals surface area contributed by atoms with Crippen LogP contribution in [0.1, 0.15) is 45.4 Å². The van der Waals surface area contributed by atoms with Crippen LogP contribution in [-0.2, 0) is 9.53 Å². The molecule has 4 aliphatic carbocycles. The fourth-order valence-electron chi connectivity index (χ4n) is 5.40. The Bertz CT molecular complexity index is 366. The predicted octanol–water partition coefficient (Wildman–Crippen LogP) is 2.09. The molecule has 0 spiro atoms. The summed E-state index contributed by atoms with van der Waals surface area (Å²) in [6, 6.07) is 0. The molecule has 3 nitrogen and oxygen atoms in total. The maximum atomic E-state index is 12.1. The zero-order chi connectivity index (χ0) is 12.3. The normalized spacial score (nSPS) is 48.4. The van der Waals surface area contributed by atoms with E-state index < -0.39 is 0 Å². The SMILES string of the molecule is COC(=O)C12C[C]3CC(C)(CC(CO)(C3)C1)C2. The molecule has 0 aromatic rings. The highest BCUT2D eigenvalue weighted by molar-refractivity contribution is 5.78. The third kappa shape index (κ3) is 1.48. The summed E-state index contributed by atoms with van der Waals surface area (Å²) in [5.41, 5.74) is -0.148. The molecule has 1 radical (unpaired) electrons. The maximum Gasteiger partial charge on any atom is 0.311 e. The molecule has 0 amide bonds. The van der Waals surface area contributed by atoms with Crippen molar-refractivity contribution < 1.29 is 14.6 Å². The van der Waals surface area contributed by atoms with Crippen LogP contribution in [0.3, 0.4) is 0 Å². The van der Waals surface area contributed by atoms with Crippen LogP contribution in [0.25, 0.3) is 0 Å². The molecule has 4 aliphatic rings. The molecule has 17 heavy (non-hydrogen) atoms. The second kappa shape index (κ2) is 3.25. The Morgan fingerprint density at radius 1 is 1.29 bits per heavy atom. The number of methoxy groups -OCH3 is 1. The van der Waals surface area contributed by atoms with Gasteiger partial charge in [0.25, 0.3) is 0 Å². The van der Waals surface area contributed by atoms with E-state index in [1.54, 1.807) is 0 Å². The molecule has 0 heterocycles. The Labute approximate surface area is 103 Å². The molecule has 95 valence electrons. The lowest BCUT2D eigenvalue weighted by molar-refractivity contribution is -0.179. The largest absolute Gasteiger partial charge is 0.469 e. The lowest BCUT2D eigenvalue weighted by Crippen LogP contribution is -2.59. The molecule has 3 atom stereocenters. The van der Waals surface area contributed by atoms with Crippen molar-refractivity contribution in [3.8, 4) is 0 Å². The first kappa shape index (κ1) is 11.5. The van der Waals surface area contributed by atoms with Crippen LogP contribution < -0.4 is 0 Å². The molecular formula is C14H21O3. The van der Waals surface area contributed by atoms with Gasteiger partial charge in [-0.1, -0.05) is 6.92 Å². The zero-order valence-electron chi connectivity index (χ0n) is 10.7. The second-order valence-corrected chi connectivity index (χ2v) is 7.05. The molecule has 0 aromatic carbocycles. The smallest absolute Gasteiger partial charge is 0.311 e. The van der Waals surface area contributed by atoms with E-state index >= 15 is 0 Å². The van der Waals surface area contributed by atoms with E-state index in [2.05, 4.69) is 6.92 Å². The molecule has 4 bridgehead atoms. The van der Waals surface area contributed by atoms with E-state index in [0.717, 1.165) is 38.5 Å². The quantitative estimate of drug-likeness (QED) is 0.748. The molecule has 4 fully saturated rings. The van der Waals surface area contributed by atoms with Crippen molar-refractivity contribution in [3.63, 3.8) is 0 Å². The van der Waals surface area contributed by atoms with Crippen LogP contribution in [-0.4, -0.2) is 24.8 Å². The first-order valence-corrected chi connectivity index (χ1v) is 6.48. The maximum absolute atomic E-state index is 12.1. The number of carbonyl (C=O) groups excluding carboxylic acids is 1. The molecule has 3 heteroatoms. The Hall–Kier alpha value is -0.570. The summed E-state index contributed by atoms with van der Waals surface area (Å²) in [5, 5.41) is 9.75. The van der Waals surface area contributed by atoms with Crippen molar-refractivity contribution in [3.05, 3.63) is 5.92 Å². The van der Waals surface area contributed by atoms with Gasteiger partial charge in [-0.3, -0.25) is 4.79 Å². The molecule has 0 aliphatic heterocycles. The number of aliphatic hydroxyl groups excluding tert-OH is 1. The fourth-order valence-corrected chi connectivity index (χ4v) is 5.40. The summed E-state index contributed by atoms with van der Waals surface area (Å²) in [6.45, 7) is 2.48. The van der Waals surface area contributed by atoms with E-state index in [9.17, 15) is 9.90 Å². The van der Waals surface area contributed by atoms with Crippen LogP contribution >= 0.6 is 0 Å². The number of aliphatic hydroxyl groups is 1. The number of hydrogen-bond acceptors (Lipinski definition) is 3. The fraction of sp³-hybridized carbons (Fsp3) is 0.857. The van der Waals surface area contributed by atoms with Gasteiger partial charge in [-0.2, -0.15) is 0 Å². The monoisotopic (exact) mass is 237 g/mol. The van der Waals surface area contributed by atoms with Gasteiger partial charge in [-0.25, -0.2) is 0 Å². The number of carbonyl (C=O) groups is 1. The van der Waals surface area contributed by atoms with Crippen LogP contribution in [0.2, 0.25) is 0 Å². The third-order valence-electron chi connectivity index (χ3n) is 5.12. The minimum Gasteiger partial charge on any atom is -0.469 e. The van der Waals surface area contributed by atoms with Crippen LogP contribution in [0.5, 0.6) is 0 Å². The molecule has 4 saturated carbocycles. The highest BCUT2D eigenvalue weighted by Gasteiger charge is 2.64.